The maximum atomic E-state index is 4.75. The van der Waals surface area contributed by atoms with E-state index in [4.69, 9.17) is 4.98 Å². The van der Waals surface area contributed by atoms with Gasteiger partial charge < -0.3 is 10.2 Å². The standard InChI is InChI=1S/C27H31N9/c1-18-12-14-36(15-13-18)27-32-25(30-23-11-7-8-19(2)20(23)3)31-26(33-27)35-29-17-22-16-28-34-24(22)21-9-5-4-6-10-21/h4-11,16-18H,12-15H2,1-3H3,(H,28,34)(H2,30,31,32,33,35)/b29-17+. The van der Waals surface area contributed by atoms with Crippen LogP contribution in [-0.2, 0) is 0 Å². The van der Waals surface area contributed by atoms with E-state index in [1.165, 1.54) is 5.56 Å². The number of benzene rings is 2. The molecule has 36 heavy (non-hydrogen) atoms. The van der Waals surface area contributed by atoms with Gasteiger partial charge in [0, 0.05) is 29.9 Å². The summed E-state index contributed by atoms with van der Waals surface area (Å²) in [5, 5.41) is 15.0. The molecule has 1 saturated heterocycles. The lowest BCUT2D eigenvalue weighted by Gasteiger charge is -2.30. The number of piperidine rings is 1. The summed E-state index contributed by atoms with van der Waals surface area (Å²) in [5.74, 6) is 2.23. The second-order valence-electron chi connectivity index (χ2n) is 9.26. The Morgan fingerprint density at radius 2 is 1.75 bits per heavy atom. The first-order chi connectivity index (χ1) is 17.6. The average molecular weight is 482 g/mol. The molecule has 4 aromatic rings. The molecular weight excluding hydrogens is 450 g/mol. The molecule has 0 amide bonds. The van der Waals surface area contributed by atoms with Crippen LogP contribution >= 0.6 is 0 Å². The fourth-order valence-electron chi connectivity index (χ4n) is 4.22. The largest absolute Gasteiger partial charge is 0.341 e. The minimum atomic E-state index is 0.382. The molecule has 0 radical (unpaired) electrons. The number of nitrogens with one attached hydrogen (secondary N) is 3. The number of nitrogens with zero attached hydrogens (tertiary/aromatic N) is 6. The number of hydrogen-bond donors (Lipinski definition) is 3. The van der Waals surface area contributed by atoms with E-state index < -0.39 is 0 Å². The summed E-state index contributed by atoms with van der Waals surface area (Å²) in [4.78, 5) is 16.2. The number of aromatic amines is 1. The zero-order valence-electron chi connectivity index (χ0n) is 20.9. The molecule has 0 unspecified atom stereocenters. The second-order valence-corrected chi connectivity index (χ2v) is 9.26. The first-order valence-corrected chi connectivity index (χ1v) is 12.3. The molecule has 0 spiro atoms. The Labute approximate surface area is 211 Å². The van der Waals surface area contributed by atoms with Gasteiger partial charge in [0.2, 0.25) is 17.8 Å². The van der Waals surface area contributed by atoms with E-state index in [1.54, 1.807) is 12.4 Å². The SMILES string of the molecule is Cc1cccc(Nc2nc(N/N=C/c3cn[nH]c3-c3ccccc3)nc(N3CCC(C)CC3)n2)c1C. The van der Waals surface area contributed by atoms with Crippen molar-refractivity contribution in [1.82, 2.24) is 25.1 Å². The van der Waals surface area contributed by atoms with Crippen molar-refractivity contribution in [3.8, 4) is 11.3 Å². The molecule has 0 aliphatic carbocycles. The maximum Gasteiger partial charge on any atom is 0.250 e. The van der Waals surface area contributed by atoms with Gasteiger partial charge in [-0.05, 0) is 49.8 Å². The number of hydrogen-bond acceptors (Lipinski definition) is 8. The van der Waals surface area contributed by atoms with E-state index >= 15 is 0 Å². The fourth-order valence-corrected chi connectivity index (χ4v) is 4.22. The van der Waals surface area contributed by atoms with Gasteiger partial charge in [-0.25, -0.2) is 5.43 Å². The maximum absolute atomic E-state index is 4.75. The highest BCUT2D eigenvalue weighted by molar-refractivity contribution is 5.88. The van der Waals surface area contributed by atoms with Crippen molar-refractivity contribution >= 4 is 29.7 Å². The van der Waals surface area contributed by atoms with E-state index in [-0.39, 0.29) is 0 Å². The summed E-state index contributed by atoms with van der Waals surface area (Å²) in [6.45, 7) is 8.32. The van der Waals surface area contributed by atoms with Crippen LogP contribution in [0.3, 0.4) is 0 Å². The highest BCUT2D eigenvalue weighted by atomic mass is 15.4. The van der Waals surface area contributed by atoms with Gasteiger partial charge in [-0.15, -0.1) is 0 Å². The summed E-state index contributed by atoms with van der Waals surface area (Å²) in [6, 6.07) is 16.2. The van der Waals surface area contributed by atoms with Gasteiger partial charge in [0.25, 0.3) is 0 Å². The molecule has 9 nitrogen and oxygen atoms in total. The van der Waals surface area contributed by atoms with Crippen molar-refractivity contribution in [2.45, 2.75) is 33.6 Å². The van der Waals surface area contributed by atoms with E-state index in [0.29, 0.717) is 23.8 Å². The molecule has 1 aliphatic rings. The third-order valence-corrected chi connectivity index (χ3v) is 6.64. The minimum Gasteiger partial charge on any atom is -0.341 e. The monoisotopic (exact) mass is 481 g/mol. The molecule has 0 bridgehead atoms. The van der Waals surface area contributed by atoms with Gasteiger partial charge in [-0.2, -0.15) is 25.2 Å². The Balaban J connectivity index is 1.40. The topological polar surface area (TPSA) is 107 Å². The van der Waals surface area contributed by atoms with Gasteiger partial charge in [-0.1, -0.05) is 49.4 Å². The Hall–Kier alpha value is -4.27. The van der Waals surface area contributed by atoms with E-state index in [2.05, 4.69) is 67.7 Å². The molecule has 3 N–H and O–H groups in total. The van der Waals surface area contributed by atoms with Crippen molar-refractivity contribution < 1.29 is 0 Å². The van der Waals surface area contributed by atoms with Crippen LogP contribution < -0.4 is 15.6 Å². The molecule has 3 heterocycles. The lowest BCUT2D eigenvalue weighted by atomic mass is 10.00. The smallest absolute Gasteiger partial charge is 0.250 e. The van der Waals surface area contributed by atoms with E-state index in [9.17, 15) is 0 Å². The number of aromatic nitrogens is 5. The summed E-state index contributed by atoms with van der Waals surface area (Å²) in [7, 11) is 0. The second kappa shape index (κ2) is 10.6. The van der Waals surface area contributed by atoms with Crippen LogP contribution in [0.15, 0.2) is 59.8 Å². The van der Waals surface area contributed by atoms with Crippen LogP contribution in [0.1, 0.15) is 36.5 Å². The summed E-state index contributed by atoms with van der Waals surface area (Å²) >= 11 is 0. The number of H-pyrrole nitrogens is 1. The van der Waals surface area contributed by atoms with E-state index in [0.717, 1.165) is 54.0 Å². The first-order valence-electron chi connectivity index (χ1n) is 12.3. The number of aryl methyl sites for hydroxylation is 1. The zero-order chi connectivity index (χ0) is 24.9. The zero-order valence-corrected chi connectivity index (χ0v) is 20.9. The highest BCUT2D eigenvalue weighted by Crippen LogP contribution is 2.25. The number of hydrazone groups is 1. The number of rotatable bonds is 7. The van der Waals surface area contributed by atoms with Gasteiger partial charge in [-0.3, -0.25) is 5.10 Å². The highest BCUT2D eigenvalue weighted by Gasteiger charge is 2.20. The fraction of sp³-hybridized carbons (Fsp3) is 0.296. The molecule has 184 valence electrons. The molecule has 0 saturated carbocycles. The third kappa shape index (κ3) is 5.35. The van der Waals surface area contributed by atoms with Crippen LogP contribution in [0.2, 0.25) is 0 Å². The first kappa shape index (κ1) is 23.5. The van der Waals surface area contributed by atoms with Crippen molar-refractivity contribution in [1.29, 1.82) is 0 Å². The average Bonchev–Trinajstić information content (AvgIpc) is 3.36. The van der Waals surface area contributed by atoms with Crippen LogP contribution in [0, 0.1) is 19.8 Å². The molecule has 1 aliphatic heterocycles. The summed E-state index contributed by atoms with van der Waals surface area (Å²) in [5.41, 5.74) is 9.14. The normalized spacial score (nSPS) is 14.4. The van der Waals surface area contributed by atoms with Crippen LogP contribution in [0.5, 0.6) is 0 Å². The predicted octanol–water partition coefficient (Wildman–Crippen LogP) is 5.30. The van der Waals surface area contributed by atoms with Crippen molar-refractivity contribution in [2.24, 2.45) is 11.0 Å². The number of anilines is 4. The molecule has 5 rings (SSSR count). The van der Waals surface area contributed by atoms with Gasteiger partial charge >= 0.3 is 0 Å². The summed E-state index contributed by atoms with van der Waals surface area (Å²) in [6.07, 6.45) is 5.70. The Kier molecular flexibility index (Phi) is 6.88. The van der Waals surface area contributed by atoms with Crippen molar-refractivity contribution in [3.05, 3.63) is 71.4 Å². The lowest BCUT2D eigenvalue weighted by Crippen LogP contribution is -2.34. The molecular formula is C27H31N9. The van der Waals surface area contributed by atoms with Gasteiger partial charge in [0.05, 0.1) is 18.1 Å². The quantitative estimate of drug-likeness (QED) is 0.243. The third-order valence-electron chi connectivity index (χ3n) is 6.64. The van der Waals surface area contributed by atoms with Gasteiger partial charge in [0.15, 0.2) is 0 Å². The molecule has 1 fully saturated rings. The minimum absolute atomic E-state index is 0.382. The Morgan fingerprint density at radius 1 is 0.972 bits per heavy atom. The lowest BCUT2D eigenvalue weighted by molar-refractivity contribution is 0.434. The molecule has 2 aromatic carbocycles. The molecule has 2 aromatic heterocycles. The molecule has 0 atom stereocenters. The van der Waals surface area contributed by atoms with Crippen LogP contribution in [0.4, 0.5) is 23.5 Å². The van der Waals surface area contributed by atoms with Crippen LogP contribution in [-0.4, -0.2) is 44.5 Å². The Morgan fingerprint density at radius 3 is 2.56 bits per heavy atom. The van der Waals surface area contributed by atoms with Crippen LogP contribution in [0.25, 0.3) is 11.3 Å². The summed E-state index contributed by atoms with van der Waals surface area (Å²) < 4.78 is 0. The van der Waals surface area contributed by atoms with Gasteiger partial charge in [0.1, 0.15) is 0 Å². The van der Waals surface area contributed by atoms with Crippen molar-refractivity contribution in [3.63, 3.8) is 0 Å². The predicted molar refractivity (Wildman–Crippen MR) is 145 cm³/mol. The Bertz CT molecular complexity index is 1340. The van der Waals surface area contributed by atoms with Crippen molar-refractivity contribution in [2.75, 3.05) is 28.7 Å². The van der Waals surface area contributed by atoms with E-state index in [1.807, 2.05) is 42.5 Å². The molecule has 9 heteroatoms.